The van der Waals surface area contributed by atoms with Gasteiger partial charge in [0.1, 0.15) is 0 Å². The van der Waals surface area contributed by atoms with Crippen molar-refractivity contribution in [3.63, 3.8) is 0 Å². The third kappa shape index (κ3) is 2.82. The van der Waals surface area contributed by atoms with Crippen LogP contribution in [0.2, 0.25) is 0 Å². The molecule has 0 aromatic heterocycles. The van der Waals surface area contributed by atoms with Crippen molar-refractivity contribution in [1.82, 2.24) is 5.32 Å². The molecule has 2 nitrogen and oxygen atoms in total. The van der Waals surface area contributed by atoms with Crippen LogP contribution in [0.4, 0.5) is 5.69 Å². The molecule has 0 amide bonds. The fourth-order valence-corrected chi connectivity index (χ4v) is 3.68. The quantitative estimate of drug-likeness (QED) is 0.913. The molecule has 1 N–H and O–H groups in total. The molecule has 104 valence electrons. The van der Waals surface area contributed by atoms with Gasteiger partial charge in [-0.05, 0) is 52.7 Å². The molecule has 1 heterocycles. The van der Waals surface area contributed by atoms with Gasteiger partial charge in [-0.3, -0.25) is 0 Å². The monoisotopic (exact) mass is 322 g/mol. The lowest BCUT2D eigenvalue weighted by atomic mass is 9.96. The van der Waals surface area contributed by atoms with Gasteiger partial charge in [0.05, 0.1) is 5.69 Å². The average Bonchev–Trinajstić information content (AvgIpc) is 3.23. The third-order valence-electron chi connectivity index (χ3n) is 4.51. The fourth-order valence-electron chi connectivity index (χ4n) is 3.17. The Balaban J connectivity index is 1.86. The molecule has 3 rings (SSSR count). The molecule has 1 aromatic carbocycles. The number of nitrogens with one attached hydrogen (secondary N) is 1. The Labute approximate surface area is 124 Å². The lowest BCUT2D eigenvalue weighted by Crippen LogP contribution is -2.59. The van der Waals surface area contributed by atoms with Crippen LogP contribution in [-0.4, -0.2) is 25.2 Å². The molecule has 2 unspecified atom stereocenters. The summed E-state index contributed by atoms with van der Waals surface area (Å²) in [6, 6.07) is 9.91. The Morgan fingerprint density at radius 3 is 2.63 bits per heavy atom. The summed E-state index contributed by atoms with van der Waals surface area (Å²) < 4.78 is 1.22. The minimum atomic E-state index is 0.591. The van der Waals surface area contributed by atoms with E-state index in [0.29, 0.717) is 18.0 Å². The predicted molar refractivity (Wildman–Crippen MR) is 84.6 cm³/mol. The minimum Gasteiger partial charge on any atom is -0.365 e. The average molecular weight is 323 g/mol. The van der Waals surface area contributed by atoms with E-state index >= 15 is 0 Å². The van der Waals surface area contributed by atoms with E-state index in [0.717, 1.165) is 19.0 Å². The van der Waals surface area contributed by atoms with Crippen LogP contribution in [0.1, 0.15) is 26.7 Å². The van der Waals surface area contributed by atoms with Gasteiger partial charge in [-0.2, -0.15) is 0 Å². The zero-order valence-electron chi connectivity index (χ0n) is 11.8. The van der Waals surface area contributed by atoms with E-state index in [1.807, 2.05) is 0 Å². The summed E-state index contributed by atoms with van der Waals surface area (Å²) in [5.41, 5.74) is 1.35. The Morgan fingerprint density at radius 1 is 1.26 bits per heavy atom. The lowest BCUT2D eigenvalue weighted by Gasteiger charge is -2.44. The summed E-state index contributed by atoms with van der Waals surface area (Å²) >= 11 is 3.72. The van der Waals surface area contributed by atoms with Crippen molar-refractivity contribution in [2.45, 2.75) is 38.8 Å². The number of nitrogens with zero attached hydrogens (tertiary/aromatic N) is 1. The summed E-state index contributed by atoms with van der Waals surface area (Å²) in [6.45, 7) is 6.91. The van der Waals surface area contributed by atoms with Crippen molar-refractivity contribution in [2.75, 3.05) is 18.0 Å². The van der Waals surface area contributed by atoms with Crippen LogP contribution >= 0.6 is 15.9 Å². The van der Waals surface area contributed by atoms with Crippen LogP contribution in [0.3, 0.4) is 0 Å². The van der Waals surface area contributed by atoms with Gasteiger partial charge in [0, 0.05) is 29.6 Å². The largest absolute Gasteiger partial charge is 0.365 e. The molecular formula is C16H23BrN2. The molecule has 0 spiro atoms. The molecule has 0 radical (unpaired) electrons. The number of anilines is 1. The van der Waals surface area contributed by atoms with Crippen LogP contribution in [0.5, 0.6) is 0 Å². The third-order valence-corrected chi connectivity index (χ3v) is 5.18. The number of hydrogen-bond donors (Lipinski definition) is 1. The molecule has 1 aliphatic carbocycles. The second kappa shape index (κ2) is 5.45. The molecule has 1 aromatic rings. The molecule has 2 atom stereocenters. The van der Waals surface area contributed by atoms with Gasteiger partial charge < -0.3 is 10.2 Å². The normalized spacial score (nSPS) is 27.9. The van der Waals surface area contributed by atoms with Crippen molar-refractivity contribution in [3.05, 3.63) is 28.7 Å². The standard InChI is InChI=1S/C16H23BrN2/c1-11(2)16-9-18-14(12-7-8-12)10-19(16)15-6-4-3-5-13(15)17/h3-6,11-12,14,16,18H,7-10H2,1-2H3. The van der Waals surface area contributed by atoms with Gasteiger partial charge in [-0.1, -0.05) is 26.0 Å². The summed E-state index contributed by atoms with van der Waals surface area (Å²) in [5.74, 6) is 1.58. The van der Waals surface area contributed by atoms with Crippen LogP contribution in [-0.2, 0) is 0 Å². The van der Waals surface area contributed by atoms with Crippen molar-refractivity contribution < 1.29 is 0 Å². The van der Waals surface area contributed by atoms with Gasteiger partial charge >= 0.3 is 0 Å². The van der Waals surface area contributed by atoms with E-state index in [1.165, 1.54) is 23.0 Å². The fraction of sp³-hybridized carbons (Fsp3) is 0.625. The van der Waals surface area contributed by atoms with Gasteiger partial charge in [-0.25, -0.2) is 0 Å². The van der Waals surface area contributed by atoms with Gasteiger partial charge in [0.2, 0.25) is 0 Å². The minimum absolute atomic E-state index is 0.591. The first-order valence-electron chi connectivity index (χ1n) is 7.41. The van der Waals surface area contributed by atoms with Crippen molar-refractivity contribution in [1.29, 1.82) is 0 Å². The number of halogens is 1. The summed E-state index contributed by atoms with van der Waals surface area (Å²) in [4.78, 5) is 2.62. The topological polar surface area (TPSA) is 15.3 Å². The summed E-state index contributed by atoms with van der Waals surface area (Å²) in [6.07, 6.45) is 2.82. The molecular weight excluding hydrogens is 300 g/mol. The highest BCUT2D eigenvalue weighted by Crippen LogP contribution is 2.37. The maximum Gasteiger partial charge on any atom is 0.0514 e. The van der Waals surface area contributed by atoms with E-state index in [2.05, 4.69) is 64.3 Å². The number of piperazine rings is 1. The van der Waals surface area contributed by atoms with Crippen LogP contribution in [0.15, 0.2) is 28.7 Å². The molecule has 2 fully saturated rings. The highest BCUT2D eigenvalue weighted by molar-refractivity contribution is 9.10. The first-order valence-corrected chi connectivity index (χ1v) is 8.20. The Morgan fingerprint density at radius 2 is 2.00 bits per heavy atom. The molecule has 0 bridgehead atoms. The van der Waals surface area contributed by atoms with Gasteiger partial charge in [0.25, 0.3) is 0 Å². The maximum absolute atomic E-state index is 3.77. The number of rotatable bonds is 3. The number of para-hydroxylation sites is 1. The molecule has 19 heavy (non-hydrogen) atoms. The second-order valence-corrected chi connectivity index (χ2v) is 7.12. The Bertz CT molecular complexity index is 442. The van der Waals surface area contributed by atoms with Crippen molar-refractivity contribution in [2.24, 2.45) is 11.8 Å². The van der Waals surface area contributed by atoms with Crippen molar-refractivity contribution in [3.8, 4) is 0 Å². The SMILES string of the molecule is CC(C)C1CNC(C2CC2)CN1c1ccccc1Br. The molecule has 1 saturated heterocycles. The van der Waals surface area contributed by atoms with E-state index in [9.17, 15) is 0 Å². The smallest absolute Gasteiger partial charge is 0.0514 e. The van der Waals surface area contributed by atoms with E-state index in [-0.39, 0.29) is 0 Å². The predicted octanol–water partition coefficient (Wildman–Crippen LogP) is 3.66. The van der Waals surface area contributed by atoms with E-state index in [4.69, 9.17) is 0 Å². The van der Waals surface area contributed by atoms with Crippen molar-refractivity contribution >= 4 is 21.6 Å². The zero-order chi connectivity index (χ0) is 13.4. The summed E-state index contributed by atoms with van der Waals surface area (Å²) in [5, 5.41) is 3.77. The zero-order valence-corrected chi connectivity index (χ0v) is 13.4. The highest BCUT2D eigenvalue weighted by atomic mass is 79.9. The van der Waals surface area contributed by atoms with Gasteiger partial charge in [-0.15, -0.1) is 0 Å². The van der Waals surface area contributed by atoms with Crippen LogP contribution in [0, 0.1) is 11.8 Å². The molecule has 3 heteroatoms. The van der Waals surface area contributed by atoms with Gasteiger partial charge in [0.15, 0.2) is 0 Å². The summed E-state index contributed by atoms with van der Waals surface area (Å²) in [7, 11) is 0. The number of hydrogen-bond acceptors (Lipinski definition) is 2. The highest BCUT2D eigenvalue weighted by Gasteiger charge is 2.38. The van der Waals surface area contributed by atoms with E-state index in [1.54, 1.807) is 0 Å². The number of benzene rings is 1. The first-order chi connectivity index (χ1) is 9.16. The molecule has 1 saturated carbocycles. The Hall–Kier alpha value is -0.540. The Kier molecular flexibility index (Phi) is 3.86. The first kappa shape index (κ1) is 13.4. The molecule has 2 aliphatic rings. The maximum atomic E-state index is 3.77. The lowest BCUT2D eigenvalue weighted by molar-refractivity contribution is 0.320. The molecule has 1 aliphatic heterocycles. The van der Waals surface area contributed by atoms with Crippen LogP contribution < -0.4 is 10.2 Å². The second-order valence-electron chi connectivity index (χ2n) is 6.27. The van der Waals surface area contributed by atoms with E-state index < -0.39 is 0 Å². The van der Waals surface area contributed by atoms with Crippen LogP contribution in [0.25, 0.3) is 0 Å².